The predicted molar refractivity (Wildman–Crippen MR) is 106 cm³/mol. The summed E-state index contributed by atoms with van der Waals surface area (Å²) in [5.74, 6) is 0.896. The lowest BCUT2D eigenvalue weighted by Crippen LogP contribution is -2.45. The Morgan fingerprint density at radius 3 is 2.93 bits per heavy atom. The Hall–Kier alpha value is -2.45. The largest absolute Gasteiger partial charge is 0.507 e. The molecule has 4 heteroatoms. The van der Waals surface area contributed by atoms with Gasteiger partial charge in [-0.15, -0.1) is 5.73 Å². The van der Waals surface area contributed by atoms with Crippen LogP contribution in [0.4, 0.5) is 0 Å². The Kier molecular flexibility index (Phi) is 5.48. The van der Waals surface area contributed by atoms with Crippen molar-refractivity contribution >= 4 is 12.0 Å². The van der Waals surface area contributed by atoms with E-state index in [0.717, 1.165) is 29.7 Å². The maximum Gasteiger partial charge on any atom is 0.303 e. The van der Waals surface area contributed by atoms with Gasteiger partial charge in [0.05, 0.1) is 0 Å². The third-order valence-electron chi connectivity index (χ3n) is 5.63. The number of carboxylic acid groups (broad SMARTS) is 1. The van der Waals surface area contributed by atoms with Crippen molar-refractivity contribution in [3.05, 3.63) is 46.7 Å². The number of unbranched alkanes of at least 4 members (excludes halogenated alkanes) is 1. The van der Waals surface area contributed by atoms with Gasteiger partial charge < -0.3 is 14.9 Å². The minimum absolute atomic E-state index is 0.164. The highest BCUT2D eigenvalue weighted by atomic mass is 16.5. The van der Waals surface area contributed by atoms with Crippen molar-refractivity contribution in [3.8, 4) is 11.5 Å². The molecule has 1 aromatic rings. The number of aliphatic carboxylic acids is 1. The van der Waals surface area contributed by atoms with Crippen molar-refractivity contribution < 1.29 is 19.7 Å². The van der Waals surface area contributed by atoms with Gasteiger partial charge in [0.25, 0.3) is 0 Å². The SMILES string of the molecule is CC1=CC[C@@H]2[C@@H](C1)c1c(O)cc(C=C=CCCCC(=O)O)cc1OC2(C)C. The lowest BCUT2D eigenvalue weighted by molar-refractivity contribution is -0.137. The van der Waals surface area contributed by atoms with Gasteiger partial charge in [0, 0.05) is 23.8 Å². The van der Waals surface area contributed by atoms with Gasteiger partial charge in [-0.05, 0) is 76.3 Å². The molecule has 144 valence electrons. The van der Waals surface area contributed by atoms with E-state index in [0.29, 0.717) is 18.8 Å². The van der Waals surface area contributed by atoms with Crippen LogP contribution in [0.1, 0.15) is 69.9 Å². The summed E-state index contributed by atoms with van der Waals surface area (Å²) in [5, 5.41) is 19.4. The molecule has 1 aromatic carbocycles. The van der Waals surface area contributed by atoms with Gasteiger partial charge in [0.15, 0.2) is 0 Å². The minimum Gasteiger partial charge on any atom is -0.507 e. The van der Waals surface area contributed by atoms with E-state index in [1.807, 2.05) is 12.1 Å². The number of hydrogen-bond donors (Lipinski definition) is 2. The number of ether oxygens (including phenoxy) is 1. The van der Waals surface area contributed by atoms with Crippen LogP contribution in [0.25, 0.3) is 6.08 Å². The van der Waals surface area contributed by atoms with Crippen LogP contribution in [0.2, 0.25) is 0 Å². The second-order valence-electron chi connectivity index (χ2n) is 8.16. The van der Waals surface area contributed by atoms with Crippen LogP contribution in [-0.2, 0) is 4.79 Å². The first-order valence-corrected chi connectivity index (χ1v) is 9.62. The number of aromatic hydroxyl groups is 1. The van der Waals surface area contributed by atoms with Gasteiger partial charge >= 0.3 is 5.97 Å². The molecule has 1 heterocycles. The maximum absolute atomic E-state index is 10.7. The highest BCUT2D eigenvalue weighted by molar-refractivity contribution is 5.66. The number of carbonyl (C=O) groups is 1. The third kappa shape index (κ3) is 4.28. The molecule has 0 saturated heterocycles. The second kappa shape index (κ2) is 7.66. The zero-order valence-corrected chi connectivity index (χ0v) is 16.3. The number of phenolic OH excluding ortho intramolecular Hbond substituents is 1. The highest BCUT2D eigenvalue weighted by Gasteiger charge is 2.45. The quantitative estimate of drug-likeness (QED) is 0.413. The number of carboxylic acids is 1. The Labute approximate surface area is 160 Å². The van der Waals surface area contributed by atoms with E-state index in [1.165, 1.54) is 5.57 Å². The first-order chi connectivity index (χ1) is 12.8. The number of benzene rings is 1. The van der Waals surface area contributed by atoms with Crippen LogP contribution < -0.4 is 4.74 Å². The summed E-state index contributed by atoms with van der Waals surface area (Å²) < 4.78 is 6.30. The fraction of sp³-hybridized carbons (Fsp3) is 0.478. The Morgan fingerprint density at radius 1 is 1.41 bits per heavy atom. The van der Waals surface area contributed by atoms with E-state index in [1.54, 1.807) is 12.1 Å². The van der Waals surface area contributed by atoms with Gasteiger partial charge in [-0.25, -0.2) is 0 Å². The van der Waals surface area contributed by atoms with Crippen LogP contribution in [-0.4, -0.2) is 21.8 Å². The van der Waals surface area contributed by atoms with E-state index >= 15 is 0 Å². The van der Waals surface area contributed by atoms with Crippen LogP contribution >= 0.6 is 0 Å². The molecular formula is C23H28O4. The summed E-state index contributed by atoms with van der Waals surface area (Å²) in [5.41, 5.74) is 5.92. The summed E-state index contributed by atoms with van der Waals surface area (Å²) in [7, 11) is 0. The van der Waals surface area contributed by atoms with Gasteiger partial charge in [0.2, 0.25) is 0 Å². The molecule has 2 aliphatic rings. The topological polar surface area (TPSA) is 66.8 Å². The molecule has 0 unspecified atom stereocenters. The molecule has 2 N–H and O–H groups in total. The number of allylic oxidation sites excluding steroid dienone is 3. The van der Waals surface area contributed by atoms with Crippen molar-refractivity contribution in [2.75, 3.05) is 0 Å². The van der Waals surface area contributed by atoms with Gasteiger partial charge in [-0.1, -0.05) is 11.6 Å². The standard InChI is InChI=1S/C23H28O4/c1-15-10-11-18-17(12-15)22-19(24)13-16(14-20(22)27-23(18,2)3)8-6-4-5-7-9-21(25)26/h4,8,10,13-14,17-18,24H,5,7,9,11-12H2,1-3H3,(H,25,26)/t6?,17-,18-/m1/s1. The highest BCUT2D eigenvalue weighted by Crippen LogP contribution is 2.54. The first-order valence-electron chi connectivity index (χ1n) is 9.62. The summed E-state index contributed by atoms with van der Waals surface area (Å²) in [4.78, 5) is 10.5. The Balaban J connectivity index is 1.85. The molecule has 0 amide bonds. The van der Waals surface area contributed by atoms with E-state index in [-0.39, 0.29) is 23.7 Å². The van der Waals surface area contributed by atoms with Crippen molar-refractivity contribution in [3.63, 3.8) is 0 Å². The molecular weight excluding hydrogens is 340 g/mol. The molecule has 2 atom stereocenters. The van der Waals surface area contributed by atoms with Gasteiger partial charge in [-0.2, -0.15) is 0 Å². The lowest BCUT2D eigenvalue weighted by atomic mass is 9.67. The van der Waals surface area contributed by atoms with E-state index in [4.69, 9.17) is 9.84 Å². The molecule has 0 saturated carbocycles. The van der Waals surface area contributed by atoms with Crippen molar-refractivity contribution in [1.29, 1.82) is 0 Å². The zero-order chi connectivity index (χ0) is 19.6. The van der Waals surface area contributed by atoms with Crippen LogP contribution in [0, 0.1) is 5.92 Å². The van der Waals surface area contributed by atoms with Crippen LogP contribution in [0.5, 0.6) is 11.5 Å². The molecule has 0 spiro atoms. The average molecular weight is 368 g/mol. The fourth-order valence-corrected chi connectivity index (χ4v) is 4.26. The van der Waals surface area contributed by atoms with Crippen molar-refractivity contribution in [2.24, 2.45) is 5.92 Å². The van der Waals surface area contributed by atoms with Crippen LogP contribution in [0.3, 0.4) is 0 Å². The van der Waals surface area contributed by atoms with E-state index in [9.17, 15) is 9.90 Å². The predicted octanol–water partition coefficient (Wildman–Crippen LogP) is 5.43. The number of phenols is 1. The summed E-state index contributed by atoms with van der Waals surface area (Å²) in [6.07, 6.45) is 9.28. The van der Waals surface area contributed by atoms with Gasteiger partial charge in [0.1, 0.15) is 17.1 Å². The first kappa shape index (κ1) is 19.3. The normalized spacial score (nSPS) is 22.4. The maximum atomic E-state index is 10.7. The van der Waals surface area contributed by atoms with E-state index in [2.05, 4.69) is 32.6 Å². The van der Waals surface area contributed by atoms with Crippen molar-refractivity contribution in [1.82, 2.24) is 0 Å². The number of fused-ring (bicyclic) bond motifs is 3. The Bertz CT molecular complexity index is 825. The Morgan fingerprint density at radius 2 is 2.19 bits per heavy atom. The molecule has 1 aliphatic heterocycles. The minimum atomic E-state index is -0.780. The average Bonchev–Trinajstić information content (AvgIpc) is 2.56. The van der Waals surface area contributed by atoms with Crippen molar-refractivity contribution in [2.45, 2.75) is 64.4 Å². The van der Waals surface area contributed by atoms with Gasteiger partial charge in [-0.3, -0.25) is 4.79 Å². The molecule has 27 heavy (non-hydrogen) atoms. The van der Waals surface area contributed by atoms with Crippen LogP contribution in [0.15, 0.2) is 35.6 Å². The number of rotatable bonds is 5. The molecule has 1 aliphatic carbocycles. The zero-order valence-electron chi connectivity index (χ0n) is 16.3. The molecule has 0 aromatic heterocycles. The molecule has 3 rings (SSSR count). The molecule has 0 fully saturated rings. The fourth-order valence-electron chi connectivity index (χ4n) is 4.26. The summed E-state index contributed by atoms with van der Waals surface area (Å²) in [6, 6.07) is 3.74. The lowest BCUT2D eigenvalue weighted by Gasteiger charge is -2.47. The number of hydrogen-bond acceptors (Lipinski definition) is 3. The second-order valence-corrected chi connectivity index (χ2v) is 8.16. The third-order valence-corrected chi connectivity index (χ3v) is 5.63. The monoisotopic (exact) mass is 368 g/mol. The summed E-state index contributed by atoms with van der Waals surface area (Å²) in [6.45, 7) is 6.41. The molecule has 0 bridgehead atoms. The molecule has 4 nitrogen and oxygen atoms in total. The molecule has 0 radical (unpaired) electrons. The summed E-state index contributed by atoms with van der Waals surface area (Å²) >= 11 is 0. The smallest absolute Gasteiger partial charge is 0.303 e. The van der Waals surface area contributed by atoms with E-state index < -0.39 is 5.97 Å².